The van der Waals surface area contributed by atoms with Crippen LogP contribution in [0, 0.1) is 13.8 Å². The number of nitrogens with one attached hydrogen (secondary N) is 2. The number of amides is 2. The maximum Gasteiger partial charge on any atom is 0.256 e. The van der Waals surface area contributed by atoms with E-state index in [1.807, 2.05) is 49.4 Å². The number of rotatable bonds is 8. The summed E-state index contributed by atoms with van der Waals surface area (Å²) < 4.78 is 1.63. The molecule has 2 amide bonds. The van der Waals surface area contributed by atoms with Crippen molar-refractivity contribution in [1.82, 2.24) is 15.1 Å². The van der Waals surface area contributed by atoms with Crippen LogP contribution >= 0.6 is 11.6 Å². The molecule has 3 aromatic rings. The lowest BCUT2D eigenvalue weighted by Crippen LogP contribution is -2.35. The number of benzene rings is 2. The van der Waals surface area contributed by atoms with Gasteiger partial charge in [0.15, 0.2) is 0 Å². The second kappa shape index (κ2) is 11.0. The fourth-order valence-corrected chi connectivity index (χ4v) is 4.70. The zero-order chi connectivity index (χ0) is 24.9. The molecule has 1 atom stereocenters. The van der Waals surface area contributed by atoms with E-state index in [-0.39, 0.29) is 29.4 Å². The third kappa shape index (κ3) is 6.22. The molecular weight excluding hydrogens is 462 g/mol. The first kappa shape index (κ1) is 24.8. The highest BCUT2D eigenvalue weighted by Crippen LogP contribution is 2.24. The van der Waals surface area contributed by atoms with Gasteiger partial charge in [-0.3, -0.25) is 9.59 Å². The molecule has 1 saturated heterocycles. The minimum Gasteiger partial charge on any atom is -0.371 e. The summed E-state index contributed by atoms with van der Waals surface area (Å²) in [4.78, 5) is 27.9. The molecule has 1 aromatic heterocycles. The van der Waals surface area contributed by atoms with Gasteiger partial charge in [-0.2, -0.15) is 5.10 Å². The summed E-state index contributed by atoms with van der Waals surface area (Å²) >= 11 is 6.53. The molecule has 0 radical (unpaired) electrons. The summed E-state index contributed by atoms with van der Waals surface area (Å²) in [5, 5.41) is 10.6. The highest BCUT2D eigenvalue weighted by atomic mass is 35.5. The van der Waals surface area contributed by atoms with Gasteiger partial charge >= 0.3 is 0 Å². The van der Waals surface area contributed by atoms with Gasteiger partial charge in [-0.1, -0.05) is 47.5 Å². The minimum atomic E-state index is -0.375. The van der Waals surface area contributed by atoms with E-state index in [0.717, 1.165) is 30.0 Å². The van der Waals surface area contributed by atoms with Crippen molar-refractivity contribution in [2.24, 2.45) is 0 Å². The fraction of sp³-hybridized carbons (Fsp3) is 0.370. The number of hydrogen-bond acceptors (Lipinski definition) is 4. The predicted molar refractivity (Wildman–Crippen MR) is 140 cm³/mol. The van der Waals surface area contributed by atoms with Gasteiger partial charge in [0.25, 0.3) is 5.91 Å². The average Bonchev–Trinajstić information content (AvgIpc) is 3.43. The summed E-state index contributed by atoms with van der Waals surface area (Å²) in [6.45, 7) is 8.16. The van der Waals surface area contributed by atoms with Crippen LogP contribution in [0.1, 0.15) is 53.4 Å². The molecule has 35 heavy (non-hydrogen) atoms. The predicted octanol–water partition coefficient (Wildman–Crippen LogP) is 4.95. The van der Waals surface area contributed by atoms with Gasteiger partial charge in [0, 0.05) is 36.9 Å². The van der Waals surface area contributed by atoms with Crippen LogP contribution in [-0.4, -0.2) is 40.7 Å². The molecule has 7 nitrogen and oxygen atoms in total. The van der Waals surface area contributed by atoms with Crippen LogP contribution in [0.15, 0.2) is 48.5 Å². The number of carbonyl (C=O) groups excluding carboxylic acids is 2. The number of nitrogens with zero attached hydrogens (tertiary/aromatic N) is 3. The standard InChI is InChI=1S/C27H32ClN5O2/c1-18-9-11-21(12-10-18)17-33-26(28)25(20(3)31-33)27(35)29-19(2)15-24(34)30-22-7-6-8-23(16-22)32-13-4-5-14-32/h6-12,16,19H,4-5,13-15,17H2,1-3H3,(H,29,35)(H,30,34). The van der Waals surface area contributed by atoms with Crippen LogP contribution in [0.2, 0.25) is 5.15 Å². The van der Waals surface area contributed by atoms with Crippen LogP contribution in [0.3, 0.4) is 0 Å². The SMILES string of the molecule is Cc1ccc(Cn2nc(C)c(C(=O)NC(C)CC(=O)Nc3cccc(N4CCCC4)c3)c2Cl)cc1. The van der Waals surface area contributed by atoms with Gasteiger partial charge in [0.2, 0.25) is 5.91 Å². The molecular formula is C27H32ClN5O2. The maximum atomic E-state index is 13.0. The molecule has 0 spiro atoms. The molecule has 0 aliphatic carbocycles. The van der Waals surface area contributed by atoms with Crippen LogP contribution in [-0.2, 0) is 11.3 Å². The Bertz CT molecular complexity index is 1200. The van der Waals surface area contributed by atoms with Crippen molar-refractivity contribution in [1.29, 1.82) is 0 Å². The van der Waals surface area contributed by atoms with E-state index in [1.54, 1.807) is 18.5 Å². The monoisotopic (exact) mass is 493 g/mol. The van der Waals surface area contributed by atoms with E-state index in [2.05, 4.69) is 26.7 Å². The highest BCUT2D eigenvalue weighted by Gasteiger charge is 2.22. The third-order valence-corrected chi connectivity index (χ3v) is 6.60. The first-order chi connectivity index (χ1) is 16.8. The molecule has 184 valence electrons. The van der Waals surface area contributed by atoms with Crippen molar-refractivity contribution in [2.75, 3.05) is 23.3 Å². The van der Waals surface area contributed by atoms with E-state index in [4.69, 9.17) is 11.6 Å². The summed E-state index contributed by atoms with van der Waals surface area (Å²) in [5.74, 6) is -0.492. The zero-order valence-electron chi connectivity index (χ0n) is 20.5. The number of halogens is 1. The molecule has 2 heterocycles. The van der Waals surface area contributed by atoms with Crippen molar-refractivity contribution in [3.8, 4) is 0 Å². The summed E-state index contributed by atoms with van der Waals surface area (Å²) in [6, 6.07) is 15.6. The van der Waals surface area contributed by atoms with Crippen molar-refractivity contribution >= 4 is 34.8 Å². The number of aryl methyl sites for hydroxylation is 2. The van der Waals surface area contributed by atoms with E-state index in [1.165, 1.54) is 18.4 Å². The third-order valence-electron chi connectivity index (χ3n) is 6.22. The Morgan fingerprint density at radius 2 is 1.80 bits per heavy atom. The van der Waals surface area contributed by atoms with Gasteiger partial charge in [-0.05, 0) is 57.4 Å². The number of carbonyl (C=O) groups is 2. The van der Waals surface area contributed by atoms with Crippen LogP contribution in [0.4, 0.5) is 11.4 Å². The Morgan fingerprint density at radius 1 is 1.09 bits per heavy atom. The Balaban J connectivity index is 1.34. The van der Waals surface area contributed by atoms with E-state index >= 15 is 0 Å². The molecule has 0 saturated carbocycles. The average molecular weight is 494 g/mol. The first-order valence-electron chi connectivity index (χ1n) is 12.0. The number of aromatic nitrogens is 2. The lowest BCUT2D eigenvalue weighted by molar-refractivity contribution is -0.116. The molecule has 8 heteroatoms. The molecule has 2 aromatic carbocycles. The van der Waals surface area contributed by atoms with Gasteiger partial charge in [-0.15, -0.1) is 0 Å². The Labute approximate surface area is 211 Å². The Morgan fingerprint density at radius 3 is 2.51 bits per heavy atom. The first-order valence-corrected chi connectivity index (χ1v) is 12.4. The van der Waals surface area contributed by atoms with Crippen molar-refractivity contribution in [3.63, 3.8) is 0 Å². The quantitative estimate of drug-likeness (QED) is 0.465. The minimum absolute atomic E-state index is 0.147. The zero-order valence-corrected chi connectivity index (χ0v) is 21.2. The lowest BCUT2D eigenvalue weighted by Gasteiger charge is -2.19. The normalized spacial score (nSPS) is 14.1. The van der Waals surface area contributed by atoms with Gasteiger partial charge in [0.1, 0.15) is 5.15 Å². The summed E-state index contributed by atoms with van der Waals surface area (Å²) in [6.07, 6.45) is 2.54. The molecule has 1 unspecified atom stereocenters. The van der Waals surface area contributed by atoms with E-state index < -0.39 is 0 Å². The smallest absolute Gasteiger partial charge is 0.256 e. The van der Waals surface area contributed by atoms with Crippen LogP contribution < -0.4 is 15.5 Å². The number of anilines is 2. The summed E-state index contributed by atoms with van der Waals surface area (Å²) in [5.41, 5.74) is 4.99. The molecule has 0 bridgehead atoms. The molecule has 1 fully saturated rings. The second-order valence-corrected chi connectivity index (χ2v) is 9.62. The van der Waals surface area contributed by atoms with Gasteiger partial charge < -0.3 is 15.5 Å². The van der Waals surface area contributed by atoms with Crippen molar-refractivity contribution < 1.29 is 9.59 Å². The maximum absolute atomic E-state index is 13.0. The largest absolute Gasteiger partial charge is 0.371 e. The fourth-order valence-electron chi connectivity index (χ4n) is 4.38. The van der Waals surface area contributed by atoms with Gasteiger partial charge in [0.05, 0.1) is 17.8 Å². The number of hydrogen-bond donors (Lipinski definition) is 2. The lowest BCUT2D eigenvalue weighted by atomic mass is 10.1. The van der Waals surface area contributed by atoms with Crippen molar-refractivity contribution in [3.05, 3.63) is 76.1 Å². The molecule has 2 N–H and O–H groups in total. The molecule has 1 aliphatic heterocycles. The van der Waals surface area contributed by atoms with Crippen LogP contribution in [0.5, 0.6) is 0 Å². The second-order valence-electron chi connectivity index (χ2n) is 9.27. The molecule has 1 aliphatic rings. The van der Waals surface area contributed by atoms with E-state index in [9.17, 15) is 9.59 Å². The van der Waals surface area contributed by atoms with Gasteiger partial charge in [-0.25, -0.2) is 4.68 Å². The summed E-state index contributed by atoms with van der Waals surface area (Å²) in [7, 11) is 0. The Kier molecular flexibility index (Phi) is 7.76. The van der Waals surface area contributed by atoms with Crippen LogP contribution in [0.25, 0.3) is 0 Å². The highest BCUT2D eigenvalue weighted by molar-refractivity contribution is 6.33. The topological polar surface area (TPSA) is 79.3 Å². The Hall–Kier alpha value is -3.32. The van der Waals surface area contributed by atoms with E-state index in [0.29, 0.717) is 17.8 Å². The van der Waals surface area contributed by atoms with Crippen molar-refractivity contribution in [2.45, 2.75) is 52.6 Å². The molecule has 4 rings (SSSR count).